The summed E-state index contributed by atoms with van der Waals surface area (Å²) in [5.74, 6) is 0.863. The number of para-hydroxylation sites is 1. The quantitative estimate of drug-likeness (QED) is 0.912. The van der Waals surface area contributed by atoms with Crippen molar-refractivity contribution in [2.75, 3.05) is 6.61 Å². The molecule has 104 valence electrons. The standard InChI is InChI=1S/C15H16N2O2S/c18-15(16-10-11-4-3-9-20-11)17-13-7-8-19-14-6-2-1-5-12(13)14/h1-6,9,13H,7-8,10H2,(H2,16,17,18)/t13-/m1/s1. The molecule has 1 atom stereocenters. The molecule has 5 heteroatoms. The number of thiophene rings is 1. The number of hydrogen-bond donors (Lipinski definition) is 2. The summed E-state index contributed by atoms with van der Waals surface area (Å²) in [6, 6.07) is 11.7. The molecule has 0 spiro atoms. The molecule has 2 aromatic rings. The number of rotatable bonds is 3. The normalized spacial score (nSPS) is 16.9. The number of carbonyl (C=O) groups excluding carboxylic acids is 1. The summed E-state index contributed by atoms with van der Waals surface area (Å²) in [5, 5.41) is 7.90. The molecule has 1 aromatic carbocycles. The van der Waals surface area contributed by atoms with Gasteiger partial charge in [-0.25, -0.2) is 4.79 Å². The summed E-state index contributed by atoms with van der Waals surface area (Å²) in [4.78, 5) is 13.1. The maximum absolute atomic E-state index is 12.0. The molecule has 20 heavy (non-hydrogen) atoms. The predicted molar refractivity (Wildman–Crippen MR) is 79.0 cm³/mol. The SMILES string of the molecule is O=C(NCc1cccs1)N[C@@H]1CCOc2ccccc21. The second-order valence-corrected chi connectivity index (χ2v) is 5.67. The molecule has 0 radical (unpaired) electrons. The van der Waals surface area contributed by atoms with Crippen LogP contribution >= 0.6 is 11.3 Å². The van der Waals surface area contributed by atoms with Crippen molar-refractivity contribution in [2.24, 2.45) is 0 Å². The first-order valence-electron chi connectivity index (χ1n) is 6.61. The van der Waals surface area contributed by atoms with E-state index in [1.807, 2.05) is 41.8 Å². The van der Waals surface area contributed by atoms with Gasteiger partial charge in [-0.2, -0.15) is 0 Å². The molecule has 1 aliphatic heterocycles. The lowest BCUT2D eigenvalue weighted by molar-refractivity contribution is 0.223. The molecular formula is C15H16N2O2S. The van der Waals surface area contributed by atoms with Gasteiger partial charge in [0.15, 0.2) is 0 Å². The highest BCUT2D eigenvalue weighted by Crippen LogP contribution is 2.31. The van der Waals surface area contributed by atoms with Crippen LogP contribution < -0.4 is 15.4 Å². The van der Waals surface area contributed by atoms with E-state index in [0.29, 0.717) is 13.2 Å². The number of amides is 2. The van der Waals surface area contributed by atoms with Crippen LogP contribution in [0.5, 0.6) is 5.75 Å². The Morgan fingerprint density at radius 3 is 3.05 bits per heavy atom. The summed E-state index contributed by atoms with van der Waals surface area (Å²) in [6.07, 6.45) is 0.795. The maximum Gasteiger partial charge on any atom is 0.315 e. The van der Waals surface area contributed by atoms with E-state index in [9.17, 15) is 4.79 Å². The Labute approximate surface area is 121 Å². The number of nitrogens with one attached hydrogen (secondary N) is 2. The lowest BCUT2D eigenvalue weighted by Gasteiger charge is -2.26. The predicted octanol–water partition coefficient (Wildman–Crippen LogP) is 3.07. The van der Waals surface area contributed by atoms with Crippen LogP contribution in [0.1, 0.15) is 22.9 Å². The van der Waals surface area contributed by atoms with Crippen LogP contribution in [-0.4, -0.2) is 12.6 Å². The highest BCUT2D eigenvalue weighted by atomic mass is 32.1. The summed E-state index contributed by atoms with van der Waals surface area (Å²) >= 11 is 1.64. The van der Waals surface area contributed by atoms with E-state index in [1.165, 1.54) is 0 Å². The topological polar surface area (TPSA) is 50.4 Å². The largest absolute Gasteiger partial charge is 0.493 e. The summed E-state index contributed by atoms with van der Waals surface area (Å²) in [5.41, 5.74) is 1.05. The zero-order chi connectivity index (χ0) is 13.8. The molecule has 1 aliphatic rings. The number of benzene rings is 1. The van der Waals surface area contributed by atoms with Crippen molar-refractivity contribution < 1.29 is 9.53 Å². The highest BCUT2D eigenvalue weighted by Gasteiger charge is 2.22. The monoisotopic (exact) mass is 288 g/mol. The Balaban J connectivity index is 1.59. The Kier molecular flexibility index (Phi) is 3.87. The van der Waals surface area contributed by atoms with Crippen molar-refractivity contribution in [1.82, 2.24) is 10.6 Å². The van der Waals surface area contributed by atoms with Gasteiger partial charge < -0.3 is 15.4 Å². The van der Waals surface area contributed by atoms with E-state index in [0.717, 1.165) is 22.6 Å². The molecule has 1 aromatic heterocycles. The molecule has 2 N–H and O–H groups in total. The zero-order valence-electron chi connectivity index (χ0n) is 11.0. The summed E-state index contributed by atoms with van der Waals surface area (Å²) in [7, 11) is 0. The fraction of sp³-hybridized carbons (Fsp3) is 0.267. The minimum absolute atomic E-state index is 0.0169. The number of fused-ring (bicyclic) bond motifs is 1. The lowest BCUT2D eigenvalue weighted by Crippen LogP contribution is -2.39. The molecule has 4 nitrogen and oxygen atoms in total. The fourth-order valence-electron chi connectivity index (χ4n) is 2.28. The van der Waals surface area contributed by atoms with Gasteiger partial charge in [-0.05, 0) is 17.5 Å². The lowest BCUT2D eigenvalue weighted by atomic mass is 10.0. The van der Waals surface area contributed by atoms with Crippen molar-refractivity contribution >= 4 is 17.4 Å². The molecule has 0 unspecified atom stereocenters. The average Bonchev–Trinajstić information content (AvgIpc) is 2.99. The Morgan fingerprint density at radius 1 is 1.30 bits per heavy atom. The molecule has 0 bridgehead atoms. The van der Waals surface area contributed by atoms with E-state index < -0.39 is 0 Å². The third kappa shape index (κ3) is 2.93. The van der Waals surface area contributed by atoms with Crippen LogP contribution in [-0.2, 0) is 6.54 Å². The van der Waals surface area contributed by atoms with Gasteiger partial charge in [0.1, 0.15) is 5.75 Å². The van der Waals surface area contributed by atoms with E-state index in [1.54, 1.807) is 11.3 Å². The molecule has 0 saturated carbocycles. The van der Waals surface area contributed by atoms with Crippen molar-refractivity contribution in [3.63, 3.8) is 0 Å². The van der Waals surface area contributed by atoms with E-state index in [-0.39, 0.29) is 12.1 Å². The van der Waals surface area contributed by atoms with E-state index >= 15 is 0 Å². The molecule has 0 aliphatic carbocycles. The Morgan fingerprint density at radius 2 is 2.20 bits per heavy atom. The van der Waals surface area contributed by atoms with Crippen LogP contribution in [0.25, 0.3) is 0 Å². The van der Waals surface area contributed by atoms with E-state index in [2.05, 4.69) is 10.6 Å². The minimum atomic E-state index is -0.139. The van der Waals surface area contributed by atoms with Gasteiger partial charge >= 0.3 is 6.03 Å². The van der Waals surface area contributed by atoms with Crippen LogP contribution in [0.3, 0.4) is 0 Å². The van der Waals surface area contributed by atoms with Gasteiger partial charge in [0.05, 0.1) is 19.2 Å². The van der Waals surface area contributed by atoms with Crippen molar-refractivity contribution in [2.45, 2.75) is 19.0 Å². The number of carbonyl (C=O) groups is 1. The van der Waals surface area contributed by atoms with Crippen LogP contribution in [0, 0.1) is 0 Å². The smallest absolute Gasteiger partial charge is 0.315 e. The van der Waals surface area contributed by atoms with Gasteiger partial charge in [0.2, 0.25) is 0 Å². The molecule has 3 rings (SSSR count). The third-order valence-corrected chi connectivity index (χ3v) is 4.14. The van der Waals surface area contributed by atoms with Crippen LogP contribution in [0.2, 0.25) is 0 Å². The van der Waals surface area contributed by atoms with Gasteiger partial charge in [-0.15, -0.1) is 11.3 Å². The van der Waals surface area contributed by atoms with Crippen LogP contribution in [0.4, 0.5) is 4.79 Å². The Bertz CT molecular complexity index is 583. The van der Waals surface area contributed by atoms with Gasteiger partial charge in [0.25, 0.3) is 0 Å². The second-order valence-electron chi connectivity index (χ2n) is 4.63. The molecular weight excluding hydrogens is 272 g/mol. The van der Waals surface area contributed by atoms with Gasteiger partial charge in [0, 0.05) is 16.9 Å². The minimum Gasteiger partial charge on any atom is -0.493 e. The fourth-order valence-corrected chi connectivity index (χ4v) is 2.93. The molecule has 2 amide bonds. The summed E-state index contributed by atoms with van der Waals surface area (Å²) < 4.78 is 5.58. The Hall–Kier alpha value is -2.01. The molecule has 2 heterocycles. The molecule has 0 saturated heterocycles. The van der Waals surface area contributed by atoms with Crippen molar-refractivity contribution in [1.29, 1.82) is 0 Å². The van der Waals surface area contributed by atoms with Crippen molar-refractivity contribution in [3.8, 4) is 5.75 Å². The number of hydrogen-bond acceptors (Lipinski definition) is 3. The summed E-state index contributed by atoms with van der Waals surface area (Å²) in [6.45, 7) is 1.20. The molecule has 0 fully saturated rings. The van der Waals surface area contributed by atoms with E-state index in [4.69, 9.17) is 4.74 Å². The first-order chi connectivity index (χ1) is 9.83. The second kappa shape index (κ2) is 5.96. The number of ether oxygens (including phenoxy) is 1. The number of urea groups is 1. The van der Waals surface area contributed by atoms with Crippen LogP contribution in [0.15, 0.2) is 41.8 Å². The van der Waals surface area contributed by atoms with Crippen molar-refractivity contribution in [3.05, 3.63) is 52.2 Å². The highest BCUT2D eigenvalue weighted by molar-refractivity contribution is 7.09. The van der Waals surface area contributed by atoms with Gasteiger partial charge in [-0.3, -0.25) is 0 Å². The zero-order valence-corrected chi connectivity index (χ0v) is 11.8. The first-order valence-corrected chi connectivity index (χ1v) is 7.49. The first kappa shape index (κ1) is 13.0. The maximum atomic E-state index is 12.0. The van der Waals surface area contributed by atoms with Gasteiger partial charge in [-0.1, -0.05) is 24.3 Å². The average molecular weight is 288 g/mol. The third-order valence-electron chi connectivity index (χ3n) is 3.27.